The molecule has 5 rings (SSSR count). The Bertz CT molecular complexity index is 1240. The van der Waals surface area contributed by atoms with Gasteiger partial charge in [-0.05, 0) is 67.3 Å². The molecule has 30 heavy (non-hydrogen) atoms. The zero-order valence-corrected chi connectivity index (χ0v) is 19.1. The van der Waals surface area contributed by atoms with Crippen LogP contribution in [-0.4, -0.2) is 19.6 Å². The monoisotopic (exact) mass is 440 g/mol. The zero-order valence-electron chi connectivity index (χ0n) is 17.5. The highest BCUT2D eigenvalue weighted by atomic mass is 35.5. The number of benzene rings is 1. The van der Waals surface area contributed by atoms with Gasteiger partial charge in [-0.3, -0.25) is 0 Å². The minimum absolute atomic E-state index is 0.316. The Balaban J connectivity index is 1.50. The normalized spacial score (nSPS) is 14.4. The largest absolute Gasteiger partial charge is 0.485 e. The molecule has 156 valence electrons. The Morgan fingerprint density at radius 1 is 1.20 bits per heavy atom. The molecule has 0 atom stereocenters. The Morgan fingerprint density at radius 2 is 2.03 bits per heavy atom. The van der Waals surface area contributed by atoms with E-state index >= 15 is 0 Å². The highest BCUT2D eigenvalue weighted by Gasteiger charge is 2.20. The Kier molecular flexibility index (Phi) is 5.15. The number of aryl methyl sites for hydroxylation is 3. The van der Waals surface area contributed by atoms with E-state index in [4.69, 9.17) is 21.3 Å². The molecule has 1 aliphatic carbocycles. The van der Waals surface area contributed by atoms with Gasteiger partial charge in [-0.2, -0.15) is 0 Å². The molecule has 0 radical (unpaired) electrons. The van der Waals surface area contributed by atoms with Gasteiger partial charge >= 0.3 is 0 Å². The van der Waals surface area contributed by atoms with E-state index in [2.05, 4.69) is 23.9 Å². The van der Waals surface area contributed by atoms with Crippen molar-refractivity contribution >= 4 is 38.8 Å². The van der Waals surface area contributed by atoms with Crippen LogP contribution < -0.4 is 4.74 Å². The summed E-state index contributed by atoms with van der Waals surface area (Å²) in [6.45, 7) is 6.59. The third kappa shape index (κ3) is 3.46. The van der Waals surface area contributed by atoms with E-state index < -0.39 is 0 Å². The van der Waals surface area contributed by atoms with Gasteiger partial charge in [0.25, 0.3) is 0 Å². The van der Waals surface area contributed by atoms with Crippen molar-refractivity contribution in [2.45, 2.75) is 65.4 Å². The van der Waals surface area contributed by atoms with Crippen LogP contribution in [0.3, 0.4) is 0 Å². The molecule has 3 aromatic heterocycles. The van der Waals surface area contributed by atoms with E-state index in [9.17, 15) is 0 Å². The summed E-state index contributed by atoms with van der Waals surface area (Å²) in [7, 11) is 0. The topological polar surface area (TPSA) is 52.3 Å². The van der Waals surface area contributed by atoms with Crippen LogP contribution in [0.1, 0.15) is 66.4 Å². The molecule has 0 saturated carbocycles. The fourth-order valence-electron chi connectivity index (χ4n) is 4.23. The maximum Gasteiger partial charge on any atom is 0.189 e. The third-order valence-electron chi connectivity index (χ3n) is 5.86. The summed E-state index contributed by atoms with van der Waals surface area (Å²) in [4.78, 5) is 12.1. The van der Waals surface area contributed by atoms with Crippen molar-refractivity contribution in [3.05, 3.63) is 50.9 Å². The van der Waals surface area contributed by atoms with Gasteiger partial charge in [0.15, 0.2) is 11.5 Å². The summed E-state index contributed by atoms with van der Waals surface area (Å²) in [5.41, 5.74) is 4.43. The summed E-state index contributed by atoms with van der Waals surface area (Å²) in [5, 5.41) is 6.59. The van der Waals surface area contributed by atoms with Crippen LogP contribution in [0.4, 0.5) is 0 Å². The molecule has 1 aromatic carbocycles. The molecule has 1 aliphatic rings. The second-order valence-electron chi connectivity index (χ2n) is 8.37. The molecular formula is C23H25ClN4OS. The zero-order chi connectivity index (χ0) is 20.8. The van der Waals surface area contributed by atoms with Crippen LogP contribution >= 0.6 is 22.9 Å². The Morgan fingerprint density at radius 3 is 2.87 bits per heavy atom. The van der Waals surface area contributed by atoms with Gasteiger partial charge in [0, 0.05) is 9.90 Å². The van der Waals surface area contributed by atoms with Gasteiger partial charge in [0.05, 0.1) is 5.39 Å². The lowest BCUT2D eigenvalue weighted by Crippen LogP contribution is -2.02. The summed E-state index contributed by atoms with van der Waals surface area (Å²) in [5.74, 6) is 1.83. The van der Waals surface area contributed by atoms with Crippen LogP contribution in [-0.2, 0) is 19.4 Å². The average molecular weight is 441 g/mol. The first-order valence-electron chi connectivity index (χ1n) is 10.6. The maximum absolute atomic E-state index is 6.33. The second-order valence-corrected chi connectivity index (χ2v) is 9.86. The number of aromatic nitrogens is 4. The van der Waals surface area contributed by atoms with Gasteiger partial charge in [0.2, 0.25) is 0 Å². The smallest absolute Gasteiger partial charge is 0.189 e. The fraction of sp³-hybridized carbons (Fsp3) is 0.435. The number of halogens is 1. The minimum Gasteiger partial charge on any atom is -0.485 e. The standard InChI is InChI=1S/C23H25ClN4OS/c1-13(2)16-10-17(24)14(3)9-18(16)29-11-20-26-22-21-15-7-5-4-6-8-19(15)30-23(21)25-12-28(22)27-20/h9-10,12-13H,4-8,11H2,1-3H3. The van der Waals surface area contributed by atoms with Crippen LogP contribution in [0, 0.1) is 6.92 Å². The number of hydrogen-bond donors (Lipinski definition) is 0. The van der Waals surface area contributed by atoms with Crippen molar-refractivity contribution in [2.75, 3.05) is 0 Å². The van der Waals surface area contributed by atoms with Gasteiger partial charge in [0.1, 0.15) is 23.5 Å². The number of hydrogen-bond acceptors (Lipinski definition) is 5. The SMILES string of the molecule is Cc1cc(OCc2nc3c4c5c(sc4ncn3n2)CCCCC5)c(C(C)C)cc1Cl. The highest BCUT2D eigenvalue weighted by Crippen LogP contribution is 2.36. The summed E-state index contributed by atoms with van der Waals surface area (Å²) in [6.07, 6.45) is 7.83. The summed E-state index contributed by atoms with van der Waals surface area (Å²) >= 11 is 8.14. The molecule has 0 spiro atoms. The average Bonchev–Trinajstić information content (AvgIpc) is 3.21. The van der Waals surface area contributed by atoms with E-state index in [0.29, 0.717) is 18.3 Å². The van der Waals surface area contributed by atoms with Crippen molar-refractivity contribution in [1.82, 2.24) is 19.6 Å². The number of fused-ring (bicyclic) bond motifs is 5. The molecule has 0 bridgehead atoms. The van der Waals surface area contributed by atoms with Crippen molar-refractivity contribution in [3.63, 3.8) is 0 Å². The number of thiophene rings is 1. The lowest BCUT2D eigenvalue weighted by molar-refractivity contribution is 0.292. The minimum atomic E-state index is 0.316. The number of rotatable bonds is 4. The summed E-state index contributed by atoms with van der Waals surface area (Å²) < 4.78 is 7.96. The number of nitrogens with zero attached hydrogens (tertiary/aromatic N) is 4. The molecule has 0 amide bonds. The molecule has 0 N–H and O–H groups in total. The van der Waals surface area contributed by atoms with Crippen molar-refractivity contribution in [1.29, 1.82) is 0 Å². The fourth-order valence-corrected chi connectivity index (χ4v) is 5.62. The summed E-state index contributed by atoms with van der Waals surface area (Å²) in [6, 6.07) is 4.01. The Hall–Kier alpha value is -2.18. The first-order valence-corrected chi connectivity index (χ1v) is 11.8. The first kappa shape index (κ1) is 19.8. The van der Waals surface area contributed by atoms with Gasteiger partial charge in [-0.25, -0.2) is 14.5 Å². The molecule has 3 heterocycles. The van der Waals surface area contributed by atoms with Gasteiger partial charge < -0.3 is 4.74 Å². The number of ether oxygens (including phenoxy) is 1. The Labute approximate surface area is 185 Å². The van der Waals surface area contributed by atoms with Crippen LogP contribution in [0.15, 0.2) is 18.5 Å². The van der Waals surface area contributed by atoms with Crippen LogP contribution in [0.5, 0.6) is 5.75 Å². The molecule has 0 unspecified atom stereocenters. The van der Waals surface area contributed by atoms with E-state index in [1.54, 1.807) is 10.8 Å². The van der Waals surface area contributed by atoms with Gasteiger partial charge in [-0.15, -0.1) is 16.4 Å². The van der Waals surface area contributed by atoms with Crippen molar-refractivity contribution in [2.24, 2.45) is 0 Å². The van der Waals surface area contributed by atoms with E-state index in [1.807, 2.05) is 30.4 Å². The van der Waals surface area contributed by atoms with E-state index in [1.165, 1.54) is 35.1 Å². The van der Waals surface area contributed by atoms with Crippen LogP contribution in [0.2, 0.25) is 5.02 Å². The molecule has 0 saturated heterocycles. The van der Waals surface area contributed by atoms with Crippen molar-refractivity contribution in [3.8, 4) is 5.75 Å². The first-order chi connectivity index (χ1) is 14.5. The van der Waals surface area contributed by atoms with Crippen molar-refractivity contribution < 1.29 is 4.74 Å². The third-order valence-corrected chi connectivity index (χ3v) is 7.46. The molecule has 0 aliphatic heterocycles. The predicted octanol–water partition coefficient (Wildman–Crippen LogP) is 6.27. The molecule has 0 fully saturated rings. The second kappa shape index (κ2) is 7.82. The lowest BCUT2D eigenvalue weighted by Gasteiger charge is -2.15. The molecular weight excluding hydrogens is 416 g/mol. The quantitative estimate of drug-likeness (QED) is 0.351. The van der Waals surface area contributed by atoms with E-state index in [0.717, 1.165) is 45.2 Å². The maximum atomic E-state index is 6.33. The lowest BCUT2D eigenvalue weighted by atomic mass is 10.0. The molecule has 4 aromatic rings. The van der Waals surface area contributed by atoms with Crippen LogP contribution in [0.25, 0.3) is 15.9 Å². The molecule has 5 nitrogen and oxygen atoms in total. The van der Waals surface area contributed by atoms with E-state index in [-0.39, 0.29) is 0 Å². The molecule has 7 heteroatoms. The predicted molar refractivity (Wildman–Crippen MR) is 122 cm³/mol. The van der Waals surface area contributed by atoms with Gasteiger partial charge in [-0.1, -0.05) is 31.9 Å². The highest BCUT2D eigenvalue weighted by molar-refractivity contribution is 7.19.